The molecule has 0 aliphatic carbocycles. The van der Waals surface area contributed by atoms with Gasteiger partial charge >= 0.3 is 0 Å². The molecule has 2 aromatic carbocycles. The number of nitrogens with zero attached hydrogens (tertiary/aromatic N) is 1. The number of methoxy groups -OCH3 is 1. The number of amides is 1. The van der Waals surface area contributed by atoms with E-state index >= 15 is 0 Å². The van der Waals surface area contributed by atoms with Crippen molar-refractivity contribution in [2.45, 2.75) is 58.5 Å². The van der Waals surface area contributed by atoms with Crippen LogP contribution in [0.15, 0.2) is 47.6 Å². The minimum atomic E-state index is -0.0587. The second kappa shape index (κ2) is 13.6. The Morgan fingerprint density at radius 3 is 2.50 bits per heavy atom. The molecule has 30 heavy (non-hydrogen) atoms. The SMILES string of the molecule is CCCCCCCCC(=O)NN=Cc1ccc(OCc2ccc(Cl)cc2)c(OC)c1. The lowest BCUT2D eigenvalue weighted by atomic mass is 10.1. The number of rotatable bonds is 13. The van der Waals surface area contributed by atoms with Gasteiger partial charge in [-0.1, -0.05) is 62.8 Å². The van der Waals surface area contributed by atoms with Crippen LogP contribution in [0.4, 0.5) is 0 Å². The number of nitrogens with one attached hydrogen (secondary N) is 1. The maximum Gasteiger partial charge on any atom is 0.240 e. The highest BCUT2D eigenvalue weighted by atomic mass is 35.5. The van der Waals surface area contributed by atoms with Gasteiger partial charge in [-0.25, -0.2) is 5.43 Å². The van der Waals surface area contributed by atoms with Gasteiger partial charge in [0.25, 0.3) is 0 Å². The van der Waals surface area contributed by atoms with Gasteiger partial charge in [0.1, 0.15) is 6.61 Å². The van der Waals surface area contributed by atoms with Crippen LogP contribution in [0.3, 0.4) is 0 Å². The lowest BCUT2D eigenvalue weighted by molar-refractivity contribution is -0.121. The molecule has 0 bridgehead atoms. The summed E-state index contributed by atoms with van der Waals surface area (Å²) < 4.78 is 11.3. The monoisotopic (exact) mass is 430 g/mol. The third-order valence-electron chi connectivity index (χ3n) is 4.66. The molecular weight excluding hydrogens is 400 g/mol. The van der Waals surface area contributed by atoms with E-state index in [2.05, 4.69) is 17.5 Å². The molecule has 1 N–H and O–H groups in total. The van der Waals surface area contributed by atoms with Crippen LogP contribution in [0.2, 0.25) is 5.02 Å². The number of carbonyl (C=O) groups excluding carboxylic acids is 1. The van der Waals surface area contributed by atoms with Gasteiger partial charge in [-0.3, -0.25) is 4.79 Å². The molecule has 162 valence electrons. The molecule has 0 atom stereocenters. The molecule has 0 aliphatic heterocycles. The van der Waals surface area contributed by atoms with E-state index in [4.69, 9.17) is 21.1 Å². The molecule has 1 amide bonds. The number of ether oxygens (including phenoxy) is 2. The molecule has 0 spiro atoms. The summed E-state index contributed by atoms with van der Waals surface area (Å²) in [5, 5.41) is 4.74. The summed E-state index contributed by atoms with van der Waals surface area (Å²) in [6.45, 7) is 2.61. The highest BCUT2D eigenvalue weighted by Gasteiger charge is 2.06. The third kappa shape index (κ3) is 8.87. The van der Waals surface area contributed by atoms with E-state index in [0.29, 0.717) is 29.5 Å². The first kappa shape index (κ1) is 23.7. The molecule has 0 saturated heterocycles. The fraction of sp³-hybridized carbons (Fsp3) is 0.417. The quantitative estimate of drug-likeness (QED) is 0.236. The summed E-state index contributed by atoms with van der Waals surface area (Å²) in [6, 6.07) is 13.0. The molecule has 0 aromatic heterocycles. The number of benzene rings is 2. The van der Waals surface area contributed by atoms with Gasteiger partial charge in [-0.15, -0.1) is 0 Å². The zero-order chi connectivity index (χ0) is 21.6. The molecule has 0 radical (unpaired) electrons. The van der Waals surface area contributed by atoms with Gasteiger partial charge in [-0.05, 0) is 47.9 Å². The van der Waals surface area contributed by atoms with Crippen molar-refractivity contribution in [1.29, 1.82) is 0 Å². The molecule has 0 saturated carbocycles. The Labute approximate surface area is 184 Å². The predicted octanol–water partition coefficient (Wildman–Crippen LogP) is 6.13. The smallest absolute Gasteiger partial charge is 0.240 e. The number of hydrogen-bond donors (Lipinski definition) is 1. The van der Waals surface area contributed by atoms with Crippen molar-refractivity contribution in [2.24, 2.45) is 5.10 Å². The maximum absolute atomic E-state index is 11.9. The molecular formula is C24H31ClN2O3. The minimum absolute atomic E-state index is 0.0587. The Morgan fingerprint density at radius 2 is 1.77 bits per heavy atom. The van der Waals surface area contributed by atoms with Crippen molar-refractivity contribution in [3.05, 3.63) is 58.6 Å². The standard InChI is InChI=1S/C24H31ClN2O3/c1-3-4-5-6-7-8-9-24(28)27-26-17-20-12-15-22(23(16-20)29-2)30-18-19-10-13-21(25)14-11-19/h10-17H,3-9,18H2,1-2H3,(H,27,28). The highest BCUT2D eigenvalue weighted by Crippen LogP contribution is 2.28. The Bertz CT molecular complexity index is 807. The van der Waals surface area contributed by atoms with E-state index in [1.807, 2.05) is 42.5 Å². The fourth-order valence-electron chi connectivity index (χ4n) is 2.93. The van der Waals surface area contributed by atoms with Gasteiger partial charge in [0.2, 0.25) is 5.91 Å². The van der Waals surface area contributed by atoms with Crippen LogP contribution in [-0.4, -0.2) is 19.2 Å². The molecule has 2 aromatic rings. The average Bonchev–Trinajstić information content (AvgIpc) is 2.76. The van der Waals surface area contributed by atoms with Crippen molar-refractivity contribution >= 4 is 23.7 Å². The van der Waals surface area contributed by atoms with E-state index in [-0.39, 0.29) is 5.91 Å². The van der Waals surface area contributed by atoms with Crippen molar-refractivity contribution in [3.63, 3.8) is 0 Å². The lowest BCUT2D eigenvalue weighted by Crippen LogP contribution is -2.16. The third-order valence-corrected chi connectivity index (χ3v) is 4.91. The van der Waals surface area contributed by atoms with E-state index in [1.165, 1.54) is 25.7 Å². The predicted molar refractivity (Wildman–Crippen MR) is 123 cm³/mol. The van der Waals surface area contributed by atoms with Crippen LogP contribution in [0.1, 0.15) is 63.0 Å². The summed E-state index contributed by atoms with van der Waals surface area (Å²) in [4.78, 5) is 11.9. The summed E-state index contributed by atoms with van der Waals surface area (Å²) in [7, 11) is 1.59. The summed E-state index contributed by atoms with van der Waals surface area (Å²) in [6.07, 6.45) is 9.04. The largest absolute Gasteiger partial charge is 0.493 e. The maximum atomic E-state index is 11.9. The minimum Gasteiger partial charge on any atom is -0.493 e. The second-order valence-corrected chi connectivity index (χ2v) is 7.57. The first-order valence-electron chi connectivity index (χ1n) is 10.5. The zero-order valence-electron chi connectivity index (χ0n) is 17.8. The fourth-order valence-corrected chi connectivity index (χ4v) is 3.05. The Balaban J connectivity index is 1.79. The van der Waals surface area contributed by atoms with Gasteiger partial charge in [0, 0.05) is 11.4 Å². The van der Waals surface area contributed by atoms with Crippen LogP contribution < -0.4 is 14.9 Å². The number of unbranched alkanes of at least 4 members (excludes halogenated alkanes) is 5. The van der Waals surface area contributed by atoms with Crippen LogP contribution in [0.25, 0.3) is 0 Å². The zero-order valence-corrected chi connectivity index (χ0v) is 18.6. The van der Waals surface area contributed by atoms with Crippen molar-refractivity contribution in [2.75, 3.05) is 7.11 Å². The lowest BCUT2D eigenvalue weighted by Gasteiger charge is -2.11. The van der Waals surface area contributed by atoms with E-state index < -0.39 is 0 Å². The average molecular weight is 431 g/mol. The summed E-state index contributed by atoms with van der Waals surface area (Å²) >= 11 is 5.90. The molecule has 2 rings (SSSR count). The van der Waals surface area contributed by atoms with Gasteiger partial charge < -0.3 is 9.47 Å². The van der Waals surface area contributed by atoms with Crippen LogP contribution in [-0.2, 0) is 11.4 Å². The molecule has 0 unspecified atom stereocenters. The first-order valence-corrected chi connectivity index (χ1v) is 10.9. The number of hydrogen-bond acceptors (Lipinski definition) is 4. The molecule has 0 fully saturated rings. The summed E-state index contributed by atoms with van der Waals surface area (Å²) in [5.41, 5.74) is 4.41. The van der Waals surface area contributed by atoms with Crippen molar-refractivity contribution in [1.82, 2.24) is 5.43 Å². The Kier molecular flexibility index (Phi) is 10.8. The van der Waals surface area contributed by atoms with Crippen molar-refractivity contribution < 1.29 is 14.3 Å². The van der Waals surface area contributed by atoms with Gasteiger partial charge in [-0.2, -0.15) is 5.10 Å². The van der Waals surface area contributed by atoms with Crippen molar-refractivity contribution in [3.8, 4) is 11.5 Å². The summed E-state index contributed by atoms with van der Waals surface area (Å²) in [5.74, 6) is 1.18. The Morgan fingerprint density at radius 1 is 1.03 bits per heavy atom. The topological polar surface area (TPSA) is 59.9 Å². The molecule has 5 nitrogen and oxygen atoms in total. The molecule has 6 heteroatoms. The normalized spacial score (nSPS) is 10.9. The van der Waals surface area contributed by atoms with E-state index in [0.717, 1.165) is 24.0 Å². The Hall–Kier alpha value is -2.53. The van der Waals surface area contributed by atoms with Gasteiger partial charge in [0.15, 0.2) is 11.5 Å². The van der Waals surface area contributed by atoms with Crippen LogP contribution in [0.5, 0.6) is 11.5 Å². The van der Waals surface area contributed by atoms with E-state index in [1.54, 1.807) is 13.3 Å². The molecule has 0 aliphatic rings. The highest BCUT2D eigenvalue weighted by molar-refractivity contribution is 6.30. The van der Waals surface area contributed by atoms with Crippen LogP contribution in [0, 0.1) is 0 Å². The number of halogens is 1. The van der Waals surface area contributed by atoms with E-state index in [9.17, 15) is 4.79 Å². The molecule has 0 heterocycles. The van der Waals surface area contributed by atoms with Crippen LogP contribution >= 0.6 is 11.6 Å². The number of hydrazone groups is 1. The first-order chi connectivity index (χ1) is 14.6. The van der Waals surface area contributed by atoms with Gasteiger partial charge in [0.05, 0.1) is 13.3 Å². The second-order valence-electron chi connectivity index (χ2n) is 7.14. The number of carbonyl (C=O) groups is 1.